The molecule has 0 bridgehead atoms. The quantitative estimate of drug-likeness (QED) is 0.744. The standard InChI is InChI=1S/C12H22N2O3/c1-7(2)5-10(12(16)17)14-8(3)6-9(13-4)11(14)15/h7-10,13H,5-6H2,1-4H3,(H,16,17). The van der Waals surface area contributed by atoms with Gasteiger partial charge < -0.3 is 15.3 Å². The molecule has 3 unspecified atom stereocenters. The number of nitrogens with one attached hydrogen (secondary N) is 1. The minimum absolute atomic E-state index is 0.0141. The van der Waals surface area contributed by atoms with Crippen LogP contribution in [0.3, 0.4) is 0 Å². The van der Waals surface area contributed by atoms with E-state index >= 15 is 0 Å². The van der Waals surface area contributed by atoms with E-state index in [1.165, 1.54) is 4.90 Å². The van der Waals surface area contributed by atoms with Gasteiger partial charge in [0.25, 0.3) is 0 Å². The summed E-state index contributed by atoms with van der Waals surface area (Å²) in [6.07, 6.45) is 1.18. The number of likely N-dealkylation sites (tertiary alicyclic amines) is 1. The van der Waals surface area contributed by atoms with E-state index in [-0.39, 0.29) is 23.9 Å². The zero-order valence-electron chi connectivity index (χ0n) is 10.9. The lowest BCUT2D eigenvalue weighted by Crippen LogP contribution is -2.48. The van der Waals surface area contributed by atoms with E-state index in [1.54, 1.807) is 7.05 Å². The summed E-state index contributed by atoms with van der Waals surface area (Å²) in [5, 5.41) is 12.2. The molecule has 0 spiro atoms. The molecule has 0 radical (unpaired) electrons. The Bertz CT molecular complexity index is 304. The smallest absolute Gasteiger partial charge is 0.326 e. The van der Waals surface area contributed by atoms with Crippen molar-refractivity contribution in [3.63, 3.8) is 0 Å². The Morgan fingerprint density at radius 2 is 2.18 bits per heavy atom. The van der Waals surface area contributed by atoms with Crippen molar-refractivity contribution in [1.29, 1.82) is 0 Å². The Hall–Kier alpha value is -1.10. The summed E-state index contributed by atoms with van der Waals surface area (Å²) in [4.78, 5) is 24.9. The first-order valence-corrected chi connectivity index (χ1v) is 6.10. The molecular weight excluding hydrogens is 220 g/mol. The van der Waals surface area contributed by atoms with Gasteiger partial charge in [-0.25, -0.2) is 4.79 Å². The highest BCUT2D eigenvalue weighted by Gasteiger charge is 2.42. The van der Waals surface area contributed by atoms with Crippen molar-refractivity contribution < 1.29 is 14.7 Å². The lowest BCUT2D eigenvalue weighted by molar-refractivity contribution is -0.150. The van der Waals surface area contributed by atoms with Crippen molar-refractivity contribution in [2.45, 2.75) is 51.7 Å². The number of rotatable bonds is 5. The average molecular weight is 242 g/mol. The molecule has 1 heterocycles. The molecule has 0 aromatic heterocycles. The van der Waals surface area contributed by atoms with Gasteiger partial charge >= 0.3 is 5.97 Å². The minimum atomic E-state index is -0.907. The predicted molar refractivity (Wildman–Crippen MR) is 64.7 cm³/mol. The highest BCUT2D eigenvalue weighted by molar-refractivity contribution is 5.89. The van der Waals surface area contributed by atoms with Gasteiger partial charge in [0.1, 0.15) is 6.04 Å². The van der Waals surface area contributed by atoms with Crippen LogP contribution in [-0.4, -0.2) is 47.1 Å². The third-order valence-corrected chi connectivity index (χ3v) is 3.27. The summed E-state index contributed by atoms with van der Waals surface area (Å²) in [6, 6.07) is -0.949. The van der Waals surface area contributed by atoms with E-state index in [1.807, 2.05) is 20.8 Å². The molecule has 1 saturated heterocycles. The molecule has 5 heteroatoms. The Morgan fingerprint density at radius 1 is 1.59 bits per heavy atom. The second kappa shape index (κ2) is 5.49. The van der Waals surface area contributed by atoms with E-state index in [0.29, 0.717) is 12.8 Å². The van der Waals surface area contributed by atoms with Crippen molar-refractivity contribution in [3.05, 3.63) is 0 Å². The van der Waals surface area contributed by atoms with Crippen LogP contribution in [0.4, 0.5) is 0 Å². The van der Waals surface area contributed by atoms with Crippen LogP contribution in [0.1, 0.15) is 33.6 Å². The van der Waals surface area contributed by atoms with E-state index in [9.17, 15) is 14.7 Å². The van der Waals surface area contributed by atoms with Gasteiger partial charge in [-0.2, -0.15) is 0 Å². The largest absolute Gasteiger partial charge is 0.480 e. The molecular formula is C12H22N2O3. The van der Waals surface area contributed by atoms with E-state index in [4.69, 9.17) is 0 Å². The molecule has 1 amide bonds. The van der Waals surface area contributed by atoms with Crippen molar-refractivity contribution in [2.24, 2.45) is 5.92 Å². The highest BCUT2D eigenvalue weighted by atomic mass is 16.4. The van der Waals surface area contributed by atoms with Crippen molar-refractivity contribution in [1.82, 2.24) is 10.2 Å². The zero-order valence-corrected chi connectivity index (χ0v) is 10.9. The zero-order chi connectivity index (χ0) is 13.2. The van der Waals surface area contributed by atoms with Gasteiger partial charge in [0, 0.05) is 6.04 Å². The number of amides is 1. The van der Waals surface area contributed by atoms with Crippen molar-refractivity contribution in [2.75, 3.05) is 7.05 Å². The Labute approximate surface area is 102 Å². The molecule has 0 aliphatic carbocycles. The predicted octanol–water partition coefficient (Wildman–Crippen LogP) is 0.694. The lowest BCUT2D eigenvalue weighted by atomic mass is 10.0. The number of carbonyl (C=O) groups excluding carboxylic acids is 1. The maximum absolute atomic E-state index is 12.1. The van der Waals surface area contributed by atoms with Crippen molar-refractivity contribution >= 4 is 11.9 Å². The van der Waals surface area contributed by atoms with Gasteiger partial charge in [0.15, 0.2) is 0 Å². The number of aliphatic carboxylic acids is 1. The van der Waals surface area contributed by atoms with Gasteiger partial charge in [0.05, 0.1) is 6.04 Å². The molecule has 1 aliphatic rings. The van der Waals surface area contributed by atoms with E-state index in [2.05, 4.69) is 5.32 Å². The Morgan fingerprint density at radius 3 is 2.53 bits per heavy atom. The maximum atomic E-state index is 12.1. The molecule has 0 aromatic rings. The lowest BCUT2D eigenvalue weighted by Gasteiger charge is -2.29. The fourth-order valence-corrected chi connectivity index (χ4v) is 2.43. The number of nitrogens with zero attached hydrogens (tertiary/aromatic N) is 1. The number of hydrogen-bond donors (Lipinski definition) is 2. The summed E-state index contributed by atoms with van der Waals surface area (Å²) < 4.78 is 0. The summed E-state index contributed by atoms with van der Waals surface area (Å²) in [7, 11) is 1.73. The third kappa shape index (κ3) is 2.97. The number of carboxylic acid groups (broad SMARTS) is 1. The molecule has 5 nitrogen and oxygen atoms in total. The Kier molecular flexibility index (Phi) is 4.51. The number of carbonyl (C=O) groups is 2. The van der Waals surface area contributed by atoms with Gasteiger partial charge in [-0.1, -0.05) is 13.8 Å². The number of carboxylic acids is 1. The van der Waals surface area contributed by atoms with Crippen LogP contribution >= 0.6 is 0 Å². The fourth-order valence-electron chi connectivity index (χ4n) is 2.43. The van der Waals surface area contributed by atoms with Gasteiger partial charge in [-0.3, -0.25) is 4.79 Å². The second-order valence-electron chi connectivity index (χ2n) is 5.16. The maximum Gasteiger partial charge on any atom is 0.326 e. The first kappa shape index (κ1) is 14.0. The molecule has 0 aromatic carbocycles. The molecule has 17 heavy (non-hydrogen) atoms. The fraction of sp³-hybridized carbons (Fsp3) is 0.833. The van der Waals surface area contributed by atoms with Crippen LogP contribution in [0.2, 0.25) is 0 Å². The summed E-state index contributed by atoms with van der Waals surface area (Å²) in [6.45, 7) is 5.85. The second-order valence-corrected chi connectivity index (χ2v) is 5.16. The van der Waals surface area contributed by atoms with Crippen LogP contribution in [0.15, 0.2) is 0 Å². The molecule has 0 saturated carbocycles. The van der Waals surface area contributed by atoms with Crippen LogP contribution in [0.25, 0.3) is 0 Å². The average Bonchev–Trinajstić information content (AvgIpc) is 2.50. The normalized spacial score (nSPS) is 26.6. The summed E-state index contributed by atoms with van der Waals surface area (Å²) in [5.74, 6) is -0.742. The summed E-state index contributed by atoms with van der Waals surface area (Å²) >= 11 is 0. The molecule has 3 atom stereocenters. The van der Waals surface area contributed by atoms with Crippen LogP contribution in [0, 0.1) is 5.92 Å². The molecule has 2 N–H and O–H groups in total. The van der Waals surface area contributed by atoms with E-state index < -0.39 is 12.0 Å². The first-order chi connectivity index (χ1) is 7.88. The molecule has 1 aliphatic heterocycles. The van der Waals surface area contributed by atoms with Crippen LogP contribution in [0.5, 0.6) is 0 Å². The first-order valence-electron chi connectivity index (χ1n) is 6.10. The summed E-state index contributed by atoms with van der Waals surface area (Å²) in [5.41, 5.74) is 0. The topological polar surface area (TPSA) is 69.6 Å². The van der Waals surface area contributed by atoms with Crippen LogP contribution in [-0.2, 0) is 9.59 Å². The van der Waals surface area contributed by atoms with Gasteiger partial charge in [-0.15, -0.1) is 0 Å². The van der Waals surface area contributed by atoms with E-state index in [0.717, 1.165) is 0 Å². The van der Waals surface area contributed by atoms with Gasteiger partial charge in [0.2, 0.25) is 5.91 Å². The molecule has 1 fully saturated rings. The monoisotopic (exact) mass is 242 g/mol. The SMILES string of the molecule is CNC1CC(C)N(C(CC(C)C)C(=O)O)C1=O. The third-order valence-electron chi connectivity index (χ3n) is 3.27. The number of likely N-dealkylation sites (N-methyl/N-ethyl adjacent to an activating group) is 1. The Balaban J connectivity index is 2.87. The van der Waals surface area contributed by atoms with Gasteiger partial charge in [-0.05, 0) is 32.7 Å². The highest BCUT2D eigenvalue weighted by Crippen LogP contribution is 2.25. The van der Waals surface area contributed by atoms with Crippen LogP contribution < -0.4 is 5.32 Å². The van der Waals surface area contributed by atoms with Crippen molar-refractivity contribution in [3.8, 4) is 0 Å². The molecule has 98 valence electrons. The minimum Gasteiger partial charge on any atom is -0.480 e. The molecule has 1 rings (SSSR count). The number of hydrogen-bond acceptors (Lipinski definition) is 3.